The first kappa shape index (κ1) is 3.45. The molecule has 0 saturated carbocycles. The molecule has 1 unspecified atom stereocenters. The minimum absolute atomic E-state index is 0.269. The van der Waals surface area contributed by atoms with Gasteiger partial charge in [0.15, 0.2) is 0 Å². The zero-order chi connectivity index (χ0) is 4.41. The topological polar surface area (TPSA) is 52.2 Å². The number of rotatable bonds is 0. The van der Waals surface area contributed by atoms with Crippen LogP contribution in [0.2, 0.25) is 0 Å². The molecule has 0 fully saturated rings. The molecule has 1 aliphatic rings. The van der Waals surface area contributed by atoms with Crippen molar-refractivity contribution in [2.75, 3.05) is 0 Å². The summed E-state index contributed by atoms with van der Waals surface area (Å²) in [6, 6.07) is 0. The maximum atomic E-state index is 9.90. The summed E-state index contributed by atoms with van der Waals surface area (Å²) in [5, 5.41) is 16.0. The second kappa shape index (κ2) is 1.16. The monoisotopic (exact) mass is 85.0 g/mol. The van der Waals surface area contributed by atoms with Gasteiger partial charge in [-0.1, -0.05) is 0 Å². The van der Waals surface area contributed by atoms with Crippen molar-refractivity contribution in [2.24, 2.45) is 10.3 Å². The lowest BCUT2D eigenvalue weighted by atomic mass is 11.0. The molecule has 0 bridgehead atoms. The largest absolute Gasteiger partial charge is 0.600 e. The van der Waals surface area contributed by atoms with Gasteiger partial charge >= 0.3 is 0 Å². The first-order chi connectivity index (χ1) is 2.89. The van der Waals surface area contributed by atoms with Gasteiger partial charge in [0.05, 0.1) is 0 Å². The smallest absolute Gasteiger partial charge is 0.143 e. The number of nitrogens with zero attached hydrogens (tertiary/aromatic N) is 2. The van der Waals surface area contributed by atoms with Crippen LogP contribution in [0.5, 0.6) is 0 Å². The molecule has 0 aliphatic carbocycles. The molecular formula is C2H3N3O. The van der Waals surface area contributed by atoms with Crippen LogP contribution in [-0.4, -0.2) is 0 Å². The van der Waals surface area contributed by atoms with Crippen LogP contribution in [0.3, 0.4) is 0 Å². The maximum absolute atomic E-state index is 9.90. The van der Waals surface area contributed by atoms with Crippen LogP contribution >= 0.6 is 0 Å². The van der Waals surface area contributed by atoms with Crippen LogP contribution in [0.15, 0.2) is 22.7 Å². The van der Waals surface area contributed by atoms with Crippen LogP contribution in [0, 0.1) is 5.21 Å². The molecular weight excluding hydrogens is 82.0 g/mol. The van der Waals surface area contributed by atoms with E-state index in [9.17, 15) is 5.21 Å². The molecule has 0 saturated heterocycles. The van der Waals surface area contributed by atoms with Crippen LogP contribution < -0.4 is 5.17 Å². The first-order valence-corrected chi connectivity index (χ1v) is 1.51. The van der Waals surface area contributed by atoms with Crippen LogP contribution in [-0.2, 0) is 0 Å². The number of quaternary nitrogens is 1. The van der Waals surface area contributed by atoms with Crippen molar-refractivity contribution in [2.45, 2.75) is 0 Å². The Bertz CT molecular complexity index is 85.0. The van der Waals surface area contributed by atoms with Crippen molar-refractivity contribution in [1.29, 1.82) is 0 Å². The van der Waals surface area contributed by atoms with Crippen LogP contribution in [0.25, 0.3) is 0 Å². The predicted molar refractivity (Wildman–Crippen MR) is 18.3 cm³/mol. The molecule has 32 valence electrons. The Kier molecular flexibility index (Phi) is 0.664. The molecule has 1 N–H and O–H groups in total. The van der Waals surface area contributed by atoms with Crippen molar-refractivity contribution < 1.29 is 5.17 Å². The van der Waals surface area contributed by atoms with E-state index in [2.05, 4.69) is 10.3 Å². The molecule has 1 rings (SSSR count). The number of hydroxylamine groups is 1. The van der Waals surface area contributed by atoms with Crippen LogP contribution in [0.4, 0.5) is 0 Å². The quantitative estimate of drug-likeness (QED) is 0.385. The minimum Gasteiger partial charge on any atom is -0.600 e. The summed E-state index contributed by atoms with van der Waals surface area (Å²) < 4.78 is 0. The fourth-order valence-electron chi connectivity index (χ4n) is 0.221. The van der Waals surface area contributed by atoms with Gasteiger partial charge < -0.3 is 5.21 Å². The summed E-state index contributed by atoms with van der Waals surface area (Å²) >= 11 is 0. The maximum Gasteiger partial charge on any atom is 0.143 e. The van der Waals surface area contributed by atoms with Gasteiger partial charge in [0.2, 0.25) is 0 Å². The average molecular weight is 85.1 g/mol. The van der Waals surface area contributed by atoms with Gasteiger partial charge in [-0.25, -0.2) is 0 Å². The highest BCUT2D eigenvalue weighted by atomic mass is 16.5. The SMILES string of the molecule is [O-][NH+]1C=CN=N1. The van der Waals surface area contributed by atoms with Gasteiger partial charge in [-0.15, -0.1) is 5.11 Å². The summed E-state index contributed by atoms with van der Waals surface area (Å²) in [6.07, 6.45) is 2.67. The molecule has 0 amide bonds. The summed E-state index contributed by atoms with van der Waals surface area (Å²) in [7, 11) is 0. The van der Waals surface area contributed by atoms with Crippen molar-refractivity contribution in [1.82, 2.24) is 0 Å². The third-order valence-corrected chi connectivity index (χ3v) is 0.440. The van der Waals surface area contributed by atoms with E-state index in [-0.39, 0.29) is 5.17 Å². The second-order valence-corrected chi connectivity index (χ2v) is 0.869. The standard InChI is InChI=1S/C2H3N3O/c6-5-2-1-3-4-5/h1-2,5H. The molecule has 0 radical (unpaired) electrons. The molecule has 0 aromatic carbocycles. The molecule has 6 heavy (non-hydrogen) atoms. The van der Waals surface area contributed by atoms with Gasteiger partial charge in [0.25, 0.3) is 0 Å². The fourth-order valence-corrected chi connectivity index (χ4v) is 0.221. The minimum atomic E-state index is -0.269. The second-order valence-electron chi connectivity index (χ2n) is 0.869. The summed E-state index contributed by atoms with van der Waals surface area (Å²) in [5.41, 5.74) is 0. The van der Waals surface area contributed by atoms with E-state index >= 15 is 0 Å². The van der Waals surface area contributed by atoms with Gasteiger partial charge in [-0.05, 0) is 0 Å². The summed E-state index contributed by atoms with van der Waals surface area (Å²) in [6.45, 7) is 0. The van der Waals surface area contributed by atoms with Gasteiger partial charge in [0.1, 0.15) is 12.4 Å². The molecule has 1 atom stereocenters. The van der Waals surface area contributed by atoms with Crippen molar-refractivity contribution in [3.63, 3.8) is 0 Å². The lowest BCUT2D eigenvalue weighted by Gasteiger charge is -1.98. The van der Waals surface area contributed by atoms with Gasteiger partial charge in [-0.2, -0.15) is 5.17 Å². The predicted octanol–water partition coefficient (Wildman–Crippen LogP) is -0.779. The first-order valence-electron chi connectivity index (χ1n) is 1.51. The number of nitrogens with one attached hydrogen (secondary N) is 1. The zero-order valence-electron chi connectivity index (χ0n) is 2.96. The Morgan fingerprint density at radius 2 is 2.50 bits per heavy atom. The third-order valence-electron chi connectivity index (χ3n) is 0.440. The van der Waals surface area contributed by atoms with E-state index in [4.69, 9.17) is 0 Å². The highest BCUT2D eigenvalue weighted by Crippen LogP contribution is 1.73. The Morgan fingerprint density at radius 3 is 2.67 bits per heavy atom. The summed E-state index contributed by atoms with van der Waals surface area (Å²) in [4.78, 5) is 0. The zero-order valence-corrected chi connectivity index (χ0v) is 2.96. The molecule has 4 nitrogen and oxygen atoms in total. The third kappa shape index (κ3) is 0.425. The Morgan fingerprint density at radius 1 is 1.67 bits per heavy atom. The van der Waals surface area contributed by atoms with E-state index in [1.54, 1.807) is 0 Å². The highest BCUT2D eigenvalue weighted by molar-refractivity contribution is 4.67. The Hall–Kier alpha value is -0.740. The fraction of sp³-hybridized carbons (Fsp3) is 0. The lowest BCUT2D eigenvalue weighted by Crippen LogP contribution is -2.95. The number of hydrogen-bond acceptors (Lipinski definition) is 3. The van der Waals surface area contributed by atoms with E-state index < -0.39 is 0 Å². The van der Waals surface area contributed by atoms with Crippen LogP contribution in [0.1, 0.15) is 0 Å². The lowest BCUT2D eigenvalue weighted by molar-refractivity contribution is -0.799. The average Bonchev–Trinajstić information content (AvgIpc) is 1.86. The Labute approximate surface area is 34.3 Å². The Balaban J connectivity index is 2.60. The number of hydrogen-bond donors (Lipinski definition) is 1. The molecule has 0 aromatic rings. The molecule has 0 aromatic heterocycles. The van der Waals surface area contributed by atoms with E-state index in [1.165, 1.54) is 12.4 Å². The highest BCUT2D eigenvalue weighted by Gasteiger charge is 1.87. The van der Waals surface area contributed by atoms with E-state index in [0.29, 0.717) is 0 Å². The molecule has 1 aliphatic heterocycles. The van der Waals surface area contributed by atoms with E-state index in [1.807, 2.05) is 0 Å². The van der Waals surface area contributed by atoms with Crippen molar-refractivity contribution in [3.05, 3.63) is 17.6 Å². The molecule has 1 heterocycles. The van der Waals surface area contributed by atoms with Gasteiger partial charge in [0, 0.05) is 5.22 Å². The van der Waals surface area contributed by atoms with Crippen molar-refractivity contribution >= 4 is 0 Å². The van der Waals surface area contributed by atoms with Crippen molar-refractivity contribution in [3.8, 4) is 0 Å². The normalized spacial score (nSPS) is 29.2. The molecule has 0 spiro atoms. The molecule has 4 heteroatoms. The van der Waals surface area contributed by atoms with E-state index in [0.717, 1.165) is 0 Å². The summed E-state index contributed by atoms with van der Waals surface area (Å²) in [5.74, 6) is 0. The van der Waals surface area contributed by atoms with Gasteiger partial charge in [-0.3, -0.25) is 0 Å².